The van der Waals surface area contributed by atoms with Crippen molar-refractivity contribution >= 4 is 56.0 Å². The second kappa shape index (κ2) is 9.38. The monoisotopic (exact) mass is 547 g/mol. The summed E-state index contributed by atoms with van der Waals surface area (Å²) in [5.41, 5.74) is 6.48. The predicted molar refractivity (Wildman–Crippen MR) is 146 cm³/mol. The van der Waals surface area contributed by atoms with Gasteiger partial charge in [0, 0.05) is 31.1 Å². The van der Waals surface area contributed by atoms with E-state index in [0.29, 0.717) is 27.7 Å². The van der Waals surface area contributed by atoms with Gasteiger partial charge in [0.1, 0.15) is 15.2 Å². The number of carbonyl (C=O) groups excluding carboxylic acids is 1. The van der Waals surface area contributed by atoms with Gasteiger partial charge in [-0.3, -0.25) is 14.9 Å². The molecule has 192 valence electrons. The Labute approximate surface area is 227 Å². The topological polar surface area (TPSA) is 99.6 Å². The first kappa shape index (κ1) is 24.3. The van der Waals surface area contributed by atoms with Crippen LogP contribution >= 0.6 is 22.9 Å². The highest BCUT2D eigenvalue weighted by Gasteiger charge is 2.30. The maximum absolute atomic E-state index is 12.7. The SMILES string of the molecule is Cc1cncc(N(C)C(=O)O[C@@H]2COc3c(cc(Cl)c4nc(-c5cc(C)cc6nc(C)cnc56)sc34)O2)c1. The average Bonchev–Trinajstić information content (AvgIpc) is 3.34. The number of ether oxygens (including phenoxy) is 3. The standard InChI is InChI=1S/C27H22ClN5O4S/c1-13-6-17(22-19(7-13)31-15(3)10-30-22)26-32-23-18(28)8-20-24(25(23)38-26)35-12-21(36-20)37-27(34)33(4)16-5-14(2)9-29-11-16/h5-11,21H,12H2,1-4H3/t21-/m1/s1. The molecule has 0 spiro atoms. The zero-order valence-electron chi connectivity index (χ0n) is 21.0. The highest BCUT2D eigenvalue weighted by molar-refractivity contribution is 7.22. The first-order chi connectivity index (χ1) is 18.3. The number of pyridine rings is 1. The largest absolute Gasteiger partial charge is 0.480 e. The van der Waals surface area contributed by atoms with Crippen molar-refractivity contribution in [2.45, 2.75) is 27.1 Å². The second-order valence-corrected chi connectivity index (χ2v) is 10.5. The molecule has 1 aliphatic heterocycles. The molecular formula is C27H22ClN5O4S. The summed E-state index contributed by atoms with van der Waals surface area (Å²) in [5.74, 6) is 0.890. The quantitative estimate of drug-likeness (QED) is 0.261. The summed E-state index contributed by atoms with van der Waals surface area (Å²) in [6, 6.07) is 7.52. The van der Waals surface area contributed by atoms with Crippen LogP contribution in [0.1, 0.15) is 16.8 Å². The molecule has 4 heterocycles. The van der Waals surface area contributed by atoms with Gasteiger partial charge in [0.05, 0.1) is 33.6 Å². The molecular weight excluding hydrogens is 526 g/mol. The molecule has 0 N–H and O–H groups in total. The molecule has 0 unspecified atom stereocenters. The van der Waals surface area contributed by atoms with Crippen molar-refractivity contribution < 1.29 is 19.0 Å². The summed E-state index contributed by atoms with van der Waals surface area (Å²) in [6.07, 6.45) is 3.50. The van der Waals surface area contributed by atoms with Gasteiger partial charge in [0.15, 0.2) is 18.1 Å². The maximum Gasteiger partial charge on any atom is 0.417 e. The fourth-order valence-electron chi connectivity index (χ4n) is 4.26. The lowest BCUT2D eigenvalue weighted by Gasteiger charge is -2.28. The van der Waals surface area contributed by atoms with E-state index in [9.17, 15) is 4.79 Å². The molecule has 5 aromatic rings. The number of fused-ring (bicyclic) bond motifs is 4. The molecule has 0 fully saturated rings. The van der Waals surface area contributed by atoms with Crippen LogP contribution in [-0.4, -0.2) is 46.0 Å². The summed E-state index contributed by atoms with van der Waals surface area (Å²) in [5, 5.41) is 1.14. The van der Waals surface area contributed by atoms with Crippen LogP contribution in [0.4, 0.5) is 10.5 Å². The van der Waals surface area contributed by atoms with Crippen LogP contribution in [0.2, 0.25) is 5.02 Å². The normalized spacial score (nSPS) is 14.6. The van der Waals surface area contributed by atoms with Crippen LogP contribution in [0.3, 0.4) is 0 Å². The Balaban J connectivity index is 1.30. The third-order valence-electron chi connectivity index (χ3n) is 6.06. The van der Waals surface area contributed by atoms with E-state index >= 15 is 0 Å². The molecule has 1 aliphatic rings. The number of amides is 1. The van der Waals surface area contributed by atoms with E-state index in [2.05, 4.69) is 15.0 Å². The van der Waals surface area contributed by atoms with Crippen molar-refractivity contribution in [3.63, 3.8) is 0 Å². The summed E-state index contributed by atoms with van der Waals surface area (Å²) < 4.78 is 18.3. The maximum atomic E-state index is 12.7. The third-order valence-corrected chi connectivity index (χ3v) is 7.43. The van der Waals surface area contributed by atoms with Crippen LogP contribution < -0.4 is 14.4 Å². The lowest BCUT2D eigenvalue weighted by molar-refractivity contribution is -0.0717. The molecule has 38 heavy (non-hydrogen) atoms. The number of aryl methyl sites for hydroxylation is 3. The first-order valence-corrected chi connectivity index (χ1v) is 13.0. The lowest BCUT2D eigenvalue weighted by Crippen LogP contribution is -2.38. The Hall–Kier alpha value is -4.02. The number of hydrogen-bond acceptors (Lipinski definition) is 9. The van der Waals surface area contributed by atoms with Gasteiger partial charge in [-0.15, -0.1) is 11.3 Å². The van der Waals surface area contributed by atoms with Gasteiger partial charge in [-0.2, -0.15) is 0 Å². The van der Waals surface area contributed by atoms with Crippen molar-refractivity contribution in [2.24, 2.45) is 0 Å². The average molecular weight is 548 g/mol. The van der Waals surface area contributed by atoms with E-state index in [1.165, 1.54) is 16.2 Å². The van der Waals surface area contributed by atoms with Gasteiger partial charge in [-0.25, -0.2) is 14.8 Å². The predicted octanol–water partition coefficient (Wildman–Crippen LogP) is 6.25. The number of anilines is 1. The summed E-state index contributed by atoms with van der Waals surface area (Å²) in [6.45, 7) is 5.84. The highest BCUT2D eigenvalue weighted by Crippen LogP contribution is 2.47. The molecule has 1 amide bonds. The summed E-state index contributed by atoms with van der Waals surface area (Å²) in [7, 11) is 1.61. The van der Waals surface area contributed by atoms with Gasteiger partial charge in [-0.05, 0) is 50.1 Å². The van der Waals surface area contributed by atoms with Crippen LogP contribution in [0.15, 0.2) is 42.9 Å². The number of benzene rings is 2. The molecule has 3 aromatic heterocycles. The van der Waals surface area contributed by atoms with Gasteiger partial charge < -0.3 is 14.2 Å². The molecule has 6 rings (SSSR count). The van der Waals surface area contributed by atoms with Gasteiger partial charge >= 0.3 is 6.09 Å². The zero-order chi connectivity index (χ0) is 26.6. The van der Waals surface area contributed by atoms with Gasteiger partial charge in [0.25, 0.3) is 6.29 Å². The van der Waals surface area contributed by atoms with Crippen molar-refractivity contribution in [3.05, 3.63) is 64.7 Å². The molecule has 0 radical (unpaired) electrons. The molecule has 11 heteroatoms. The first-order valence-electron chi connectivity index (χ1n) is 11.8. The molecule has 1 atom stereocenters. The number of aromatic nitrogens is 4. The molecule has 0 aliphatic carbocycles. The minimum atomic E-state index is -0.949. The van der Waals surface area contributed by atoms with Crippen LogP contribution in [-0.2, 0) is 4.74 Å². The minimum Gasteiger partial charge on any atom is -0.480 e. The van der Waals surface area contributed by atoms with E-state index in [4.69, 9.17) is 30.8 Å². The lowest BCUT2D eigenvalue weighted by atomic mass is 10.1. The van der Waals surface area contributed by atoms with Crippen LogP contribution in [0.25, 0.3) is 31.8 Å². The Kier molecular flexibility index (Phi) is 6.00. The van der Waals surface area contributed by atoms with Crippen molar-refractivity contribution in [3.8, 4) is 22.1 Å². The van der Waals surface area contributed by atoms with E-state index in [1.54, 1.807) is 31.7 Å². The van der Waals surface area contributed by atoms with Crippen LogP contribution in [0.5, 0.6) is 11.5 Å². The molecule has 0 saturated carbocycles. The smallest absolute Gasteiger partial charge is 0.417 e. The molecule has 9 nitrogen and oxygen atoms in total. The Morgan fingerprint density at radius 3 is 2.74 bits per heavy atom. The fourth-order valence-corrected chi connectivity index (χ4v) is 5.65. The van der Waals surface area contributed by atoms with E-state index in [0.717, 1.165) is 43.1 Å². The Morgan fingerprint density at radius 1 is 1.08 bits per heavy atom. The fraction of sp³-hybridized carbons (Fsp3) is 0.222. The minimum absolute atomic E-state index is 0.0146. The summed E-state index contributed by atoms with van der Waals surface area (Å²) >= 11 is 8.06. The number of rotatable bonds is 3. The van der Waals surface area contributed by atoms with E-state index < -0.39 is 12.4 Å². The van der Waals surface area contributed by atoms with E-state index in [1.807, 2.05) is 39.0 Å². The van der Waals surface area contributed by atoms with Gasteiger partial charge in [0.2, 0.25) is 0 Å². The van der Waals surface area contributed by atoms with Crippen LogP contribution in [0, 0.1) is 20.8 Å². The third kappa shape index (κ3) is 4.35. The number of halogens is 1. The number of hydrogen-bond donors (Lipinski definition) is 0. The highest BCUT2D eigenvalue weighted by atomic mass is 35.5. The Bertz CT molecular complexity index is 1740. The van der Waals surface area contributed by atoms with Gasteiger partial charge in [-0.1, -0.05) is 11.6 Å². The molecule has 0 bridgehead atoms. The summed E-state index contributed by atoms with van der Waals surface area (Å²) in [4.78, 5) is 32.3. The van der Waals surface area contributed by atoms with Crippen molar-refractivity contribution in [2.75, 3.05) is 18.6 Å². The Morgan fingerprint density at radius 2 is 1.92 bits per heavy atom. The zero-order valence-corrected chi connectivity index (χ0v) is 22.6. The van der Waals surface area contributed by atoms with E-state index in [-0.39, 0.29) is 6.61 Å². The second-order valence-electron chi connectivity index (χ2n) is 9.10. The molecule has 2 aromatic carbocycles. The van der Waals surface area contributed by atoms with Crippen molar-refractivity contribution in [1.82, 2.24) is 19.9 Å². The molecule has 0 saturated heterocycles. The number of thiazole rings is 1. The van der Waals surface area contributed by atoms with Crippen molar-refractivity contribution in [1.29, 1.82) is 0 Å². The number of carbonyl (C=O) groups is 1. The number of nitrogens with zero attached hydrogens (tertiary/aromatic N) is 5.